The maximum absolute atomic E-state index is 12.4. The molecule has 0 aromatic carbocycles. The second kappa shape index (κ2) is 6.41. The molecule has 3 rings (SSSR count). The predicted octanol–water partition coefficient (Wildman–Crippen LogP) is 2.67. The lowest BCUT2D eigenvalue weighted by Crippen LogP contribution is -2.46. The molecule has 2 aromatic rings. The van der Waals surface area contributed by atoms with Crippen LogP contribution >= 0.6 is 0 Å². The fourth-order valence-corrected chi connectivity index (χ4v) is 3.69. The maximum Gasteiger partial charge on any atom is 0.253 e. The van der Waals surface area contributed by atoms with Gasteiger partial charge in [0.05, 0.1) is 17.5 Å². The molecule has 136 valence electrons. The lowest BCUT2D eigenvalue weighted by atomic mass is 9.68. The van der Waals surface area contributed by atoms with Gasteiger partial charge in [0.25, 0.3) is 5.91 Å². The van der Waals surface area contributed by atoms with E-state index in [9.17, 15) is 9.90 Å². The smallest absolute Gasteiger partial charge is 0.253 e. The van der Waals surface area contributed by atoms with Gasteiger partial charge in [-0.3, -0.25) is 4.79 Å². The number of carbonyl (C=O) groups excluding carboxylic acids is 1. The summed E-state index contributed by atoms with van der Waals surface area (Å²) in [6.45, 7) is 7.04. The predicted molar refractivity (Wildman–Crippen MR) is 97.2 cm³/mol. The summed E-state index contributed by atoms with van der Waals surface area (Å²) in [5, 5.41) is 13.7. The number of hydrogen-bond donors (Lipinski definition) is 2. The van der Waals surface area contributed by atoms with E-state index in [0.717, 1.165) is 31.3 Å². The van der Waals surface area contributed by atoms with Crippen LogP contribution in [0.5, 0.6) is 0 Å². The van der Waals surface area contributed by atoms with Gasteiger partial charge < -0.3 is 15.0 Å². The molecule has 0 bridgehead atoms. The monoisotopic (exact) mass is 344 g/mol. The van der Waals surface area contributed by atoms with E-state index in [0.29, 0.717) is 17.0 Å². The van der Waals surface area contributed by atoms with Crippen molar-refractivity contribution in [3.05, 3.63) is 24.2 Å². The van der Waals surface area contributed by atoms with Gasteiger partial charge in [0.15, 0.2) is 5.65 Å². The average molecular weight is 344 g/mol. The molecule has 0 unspecified atom stereocenters. The van der Waals surface area contributed by atoms with Crippen LogP contribution in [0.2, 0.25) is 0 Å². The number of aryl methyl sites for hydroxylation is 1. The Labute approximate surface area is 148 Å². The molecule has 1 saturated carbocycles. The highest BCUT2D eigenvalue weighted by Gasteiger charge is 2.37. The van der Waals surface area contributed by atoms with Gasteiger partial charge >= 0.3 is 0 Å². The van der Waals surface area contributed by atoms with Crippen LogP contribution in [0.25, 0.3) is 11.2 Å². The van der Waals surface area contributed by atoms with Crippen LogP contribution in [0, 0.1) is 11.3 Å². The Morgan fingerprint density at radius 3 is 2.68 bits per heavy atom. The van der Waals surface area contributed by atoms with E-state index < -0.39 is 5.60 Å². The largest absolute Gasteiger partial charge is 0.388 e. The number of carbonyl (C=O) groups is 1. The van der Waals surface area contributed by atoms with Crippen LogP contribution in [0.4, 0.5) is 0 Å². The van der Waals surface area contributed by atoms with Crippen molar-refractivity contribution in [3.63, 3.8) is 0 Å². The summed E-state index contributed by atoms with van der Waals surface area (Å²) in [6, 6.07) is 1.73. The van der Waals surface area contributed by atoms with Crippen molar-refractivity contribution in [1.29, 1.82) is 0 Å². The third kappa shape index (κ3) is 3.84. The first kappa shape index (κ1) is 17.9. The number of rotatable bonds is 3. The molecule has 2 aromatic heterocycles. The number of amides is 1. The van der Waals surface area contributed by atoms with Crippen molar-refractivity contribution >= 4 is 17.1 Å². The van der Waals surface area contributed by atoms with Gasteiger partial charge in [0.2, 0.25) is 0 Å². The quantitative estimate of drug-likeness (QED) is 0.897. The minimum atomic E-state index is -0.806. The molecule has 1 amide bonds. The molecule has 25 heavy (non-hydrogen) atoms. The van der Waals surface area contributed by atoms with Crippen molar-refractivity contribution in [2.75, 3.05) is 6.54 Å². The maximum atomic E-state index is 12.4. The first-order valence-corrected chi connectivity index (χ1v) is 8.96. The summed E-state index contributed by atoms with van der Waals surface area (Å²) in [5.41, 5.74) is 1.38. The van der Waals surface area contributed by atoms with Crippen LogP contribution in [0.15, 0.2) is 18.6 Å². The molecule has 0 spiro atoms. The zero-order valence-corrected chi connectivity index (χ0v) is 15.5. The standard InChI is InChI=1S/C19H28N4O2/c1-18(2,3)14-5-7-19(25,8-6-14)11-21-17(24)13-9-15-16(20-10-13)23(4)12-22-15/h9-10,12,14,25H,5-8,11H2,1-4H3,(H,21,24). The molecule has 6 nitrogen and oxygen atoms in total. The van der Waals surface area contributed by atoms with Crippen molar-refractivity contribution in [2.24, 2.45) is 18.4 Å². The van der Waals surface area contributed by atoms with Gasteiger partial charge in [0, 0.05) is 19.8 Å². The Morgan fingerprint density at radius 2 is 2.04 bits per heavy atom. The molecule has 1 aliphatic rings. The molecule has 1 aliphatic carbocycles. The summed E-state index contributed by atoms with van der Waals surface area (Å²) in [4.78, 5) is 20.9. The van der Waals surface area contributed by atoms with Crippen molar-refractivity contribution in [3.8, 4) is 0 Å². The number of nitrogens with zero attached hydrogens (tertiary/aromatic N) is 3. The highest BCUT2D eigenvalue weighted by molar-refractivity contribution is 5.96. The second-order valence-electron chi connectivity index (χ2n) is 8.47. The number of fused-ring (bicyclic) bond motifs is 1. The topological polar surface area (TPSA) is 80.0 Å². The van der Waals surface area contributed by atoms with Gasteiger partial charge in [0.1, 0.15) is 5.52 Å². The van der Waals surface area contributed by atoms with E-state index in [1.54, 1.807) is 18.6 Å². The molecule has 0 atom stereocenters. The lowest BCUT2D eigenvalue weighted by Gasteiger charge is -2.41. The lowest BCUT2D eigenvalue weighted by molar-refractivity contribution is -0.0228. The Bertz CT molecular complexity index is 767. The Morgan fingerprint density at radius 1 is 1.36 bits per heavy atom. The summed E-state index contributed by atoms with van der Waals surface area (Å²) in [7, 11) is 1.87. The molecule has 0 radical (unpaired) electrons. The number of nitrogens with one attached hydrogen (secondary N) is 1. The molecule has 2 N–H and O–H groups in total. The molecular weight excluding hydrogens is 316 g/mol. The van der Waals surface area contributed by atoms with Crippen LogP contribution in [0.3, 0.4) is 0 Å². The van der Waals surface area contributed by atoms with E-state index in [-0.39, 0.29) is 17.9 Å². The van der Waals surface area contributed by atoms with Crippen LogP contribution in [-0.2, 0) is 7.05 Å². The first-order valence-electron chi connectivity index (χ1n) is 8.96. The molecule has 0 saturated heterocycles. The minimum Gasteiger partial charge on any atom is -0.388 e. The summed E-state index contributed by atoms with van der Waals surface area (Å²) in [6.07, 6.45) is 6.68. The van der Waals surface area contributed by atoms with Crippen molar-refractivity contribution < 1.29 is 9.90 Å². The Kier molecular flexibility index (Phi) is 4.58. The van der Waals surface area contributed by atoms with Crippen molar-refractivity contribution in [1.82, 2.24) is 19.9 Å². The highest BCUT2D eigenvalue weighted by atomic mass is 16.3. The van der Waals surface area contributed by atoms with Gasteiger partial charge in [-0.05, 0) is 43.1 Å². The summed E-state index contributed by atoms with van der Waals surface area (Å²) >= 11 is 0. The number of aromatic nitrogens is 3. The third-order valence-corrected chi connectivity index (χ3v) is 5.53. The Hall–Kier alpha value is -1.95. The molecule has 1 fully saturated rings. The van der Waals surface area contributed by atoms with Crippen LogP contribution < -0.4 is 5.32 Å². The zero-order chi connectivity index (χ0) is 18.2. The van der Waals surface area contributed by atoms with Gasteiger partial charge in [-0.2, -0.15) is 0 Å². The number of imidazole rings is 1. The first-order chi connectivity index (χ1) is 11.7. The van der Waals surface area contributed by atoms with Gasteiger partial charge in [-0.1, -0.05) is 20.8 Å². The number of hydrogen-bond acceptors (Lipinski definition) is 4. The molecule has 2 heterocycles. The minimum absolute atomic E-state index is 0.216. The number of aliphatic hydroxyl groups is 1. The second-order valence-corrected chi connectivity index (χ2v) is 8.47. The Balaban J connectivity index is 1.60. The van der Waals surface area contributed by atoms with E-state index in [1.807, 2.05) is 11.6 Å². The fraction of sp³-hybridized carbons (Fsp3) is 0.632. The van der Waals surface area contributed by atoms with Crippen molar-refractivity contribution in [2.45, 2.75) is 52.1 Å². The van der Waals surface area contributed by atoms with E-state index >= 15 is 0 Å². The number of pyridine rings is 1. The average Bonchev–Trinajstić information content (AvgIpc) is 2.93. The van der Waals surface area contributed by atoms with Crippen LogP contribution in [-0.4, -0.2) is 37.7 Å². The summed E-state index contributed by atoms with van der Waals surface area (Å²) in [5.74, 6) is 0.408. The third-order valence-electron chi connectivity index (χ3n) is 5.53. The fourth-order valence-electron chi connectivity index (χ4n) is 3.69. The van der Waals surface area contributed by atoms with E-state index in [4.69, 9.17) is 0 Å². The zero-order valence-electron chi connectivity index (χ0n) is 15.5. The van der Waals surface area contributed by atoms with Gasteiger partial charge in [-0.15, -0.1) is 0 Å². The van der Waals surface area contributed by atoms with Crippen LogP contribution in [0.1, 0.15) is 56.8 Å². The highest BCUT2D eigenvalue weighted by Crippen LogP contribution is 2.41. The van der Waals surface area contributed by atoms with Gasteiger partial charge in [-0.25, -0.2) is 9.97 Å². The molecular formula is C19H28N4O2. The van der Waals surface area contributed by atoms with E-state index in [2.05, 4.69) is 36.1 Å². The molecule has 0 aliphatic heterocycles. The normalized spacial score (nSPS) is 24.4. The SMILES string of the molecule is Cn1cnc2cc(C(=O)NCC3(O)CCC(C(C)(C)C)CC3)cnc21. The molecule has 6 heteroatoms. The van der Waals surface area contributed by atoms with E-state index in [1.165, 1.54) is 0 Å². The summed E-state index contributed by atoms with van der Waals surface area (Å²) < 4.78 is 1.81.